The summed E-state index contributed by atoms with van der Waals surface area (Å²) in [5.74, 6) is -0.729. The highest BCUT2D eigenvalue weighted by Crippen LogP contribution is 2.25. The van der Waals surface area contributed by atoms with Gasteiger partial charge in [0.25, 0.3) is 15.7 Å². The fourth-order valence-electron chi connectivity index (χ4n) is 1.99. The highest BCUT2D eigenvalue weighted by molar-refractivity contribution is 7.92. The van der Waals surface area contributed by atoms with Gasteiger partial charge >= 0.3 is 0 Å². The summed E-state index contributed by atoms with van der Waals surface area (Å²) in [6.07, 6.45) is 0. The lowest BCUT2D eigenvalue weighted by Gasteiger charge is -2.11. The van der Waals surface area contributed by atoms with E-state index in [-0.39, 0.29) is 27.6 Å². The number of hydrogen-bond acceptors (Lipinski definition) is 5. The fourth-order valence-corrected chi connectivity index (χ4v) is 3.27. The van der Waals surface area contributed by atoms with Gasteiger partial charge in [0, 0.05) is 18.2 Å². The summed E-state index contributed by atoms with van der Waals surface area (Å²) in [6.45, 7) is 1.44. The van der Waals surface area contributed by atoms with Gasteiger partial charge in [-0.3, -0.25) is 14.8 Å². The molecule has 0 unspecified atom stereocenters. The van der Waals surface area contributed by atoms with Crippen LogP contribution >= 0.6 is 0 Å². The van der Waals surface area contributed by atoms with Crippen molar-refractivity contribution in [3.63, 3.8) is 0 Å². The minimum absolute atomic E-state index is 0.0144. The van der Waals surface area contributed by atoms with Gasteiger partial charge in [-0.05, 0) is 30.7 Å². The summed E-state index contributed by atoms with van der Waals surface area (Å²) >= 11 is 0. The van der Waals surface area contributed by atoms with Crippen molar-refractivity contribution in [2.75, 3.05) is 11.8 Å². The van der Waals surface area contributed by atoms with E-state index in [1.807, 2.05) is 0 Å². The van der Waals surface area contributed by atoms with E-state index in [0.717, 1.165) is 24.3 Å². The summed E-state index contributed by atoms with van der Waals surface area (Å²) in [5.41, 5.74) is 0.0127. The summed E-state index contributed by atoms with van der Waals surface area (Å²) < 4.78 is 45.3. The third kappa shape index (κ3) is 3.57. The zero-order valence-corrected chi connectivity index (χ0v) is 13.1. The van der Waals surface area contributed by atoms with Gasteiger partial charge in [-0.15, -0.1) is 0 Å². The Balaban J connectivity index is 2.35. The van der Waals surface area contributed by atoms with Crippen molar-refractivity contribution in [3.8, 4) is 5.75 Å². The van der Waals surface area contributed by atoms with Gasteiger partial charge < -0.3 is 4.74 Å². The van der Waals surface area contributed by atoms with E-state index in [1.165, 1.54) is 26.2 Å². The van der Waals surface area contributed by atoms with Gasteiger partial charge in [0.15, 0.2) is 11.6 Å². The summed E-state index contributed by atoms with van der Waals surface area (Å²) in [4.78, 5) is 9.95. The Bertz CT molecular complexity index is 867. The van der Waals surface area contributed by atoms with E-state index >= 15 is 0 Å². The molecule has 2 aromatic rings. The molecular formula is C14H13FN2O5S. The van der Waals surface area contributed by atoms with Crippen molar-refractivity contribution in [3.05, 3.63) is 57.9 Å². The van der Waals surface area contributed by atoms with E-state index in [1.54, 1.807) is 0 Å². The molecule has 0 aromatic heterocycles. The molecule has 0 bridgehead atoms. The van der Waals surface area contributed by atoms with Crippen LogP contribution < -0.4 is 9.46 Å². The quantitative estimate of drug-likeness (QED) is 0.666. The number of benzene rings is 2. The first-order valence-corrected chi connectivity index (χ1v) is 7.84. The number of nitro benzene ring substituents is 1. The number of hydrogen-bond donors (Lipinski definition) is 1. The highest BCUT2D eigenvalue weighted by atomic mass is 32.2. The van der Waals surface area contributed by atoms with Crippen LogP contribution in [0.2, 0.25) is 0 Å². The van der Waals surface area contributed by atoms with E-state index in [4.69, 9.17) is 4.74 Å². The largest absolute Gasteiger partial charge is 0.494 e. The zero-order chi connectivity index (χ0) is 17.2. The smallest absolute Gasteiger partial charge is 0.269 e. The van der Waals surface area contributed by atoms with E-state index < -0.39 is 20.8 Å². The molecule has 9 heteroatoms. The summed E-state index contributed by atoms with van der Waals surface area (Å²) in [6, 6.07) is 7.00. The van der Waals surface area contributed by atoms with Crippen LogP contribution in [0.25, 0.3) is 0 Å². The summed E-state index contributed by atoms with van der Waals surface area (Å²) in [7, 11) is -2.71. The molecule has 0 amide bonds. The number of aryl methyl sites for hydroxylation is 1. The lowest BCUT2D eigenvalue weighted by molar-refractivity contribution is -0.385. The molecule has 0 spiro atoms. The monoisotopic (exact) mass is 340 g/mol. The molecule has 2 rings (SSSR count). The molecule has 0 fully saturated rings. The number of nitrogens with one attached hydrogen (secondary N) is 1. The maximum Gasteiger partial charge on any atom is 0.269 e. The lowest BCUT2D eigenvalue weighted by atomic mass is 10.2. The third-order valence-electron chi connectivity index (χ3n) is 3.06. The summed E-state index contributed by atoms with van der Waals surface area (Å²) in [5, 5.41) is 10.7. The van der Waals surface area contributed by atoms with Crippen LogP contribution in [0.3, 0.4) is 0 Å². The second kappa shape index (κ2) is 6.21. The molecule has 1 N–H and O–H groups in total. The van der Waals surface area contributed by atoms with Crippen molar-refractivity contribution in [2.45, 2.75) is 11.8 Å². The predicted molar refractivity (Wildman–Crippen MR) is 81.6 cm³/mol. The average Bonchev–Trinajstić information content (AvgIpc) is 2.46. The Morgan fingerprint density at radius 3 is 2.43 bits per heavy atom. The SMILES string of the molecule is COc1ccc(NS(=O)(=O)c2ccc([N+](=O)[O-])cc2C)cc1F. The van der Waals surface area contributed by atoms with Crippen molar-refractivity contribution >= 4 is 21.4 Å². The molecule has 23 heavy (non-hydrogen) atoms. The van der Waals surface area contributed by atoms with Crippen molar-refractivity contribution in [1.29, 1.82) is 0 Å². The number of sulfonamides is 1. The molecule has 0 aliphatic carbocycles. The van der Waals surface area contributed by atoms with Crippen LogP contribution in [0, 0.1) is 22.9 Å². The molecule has 0 saturated carbocycles. The van der Waals surface area contributed by atoms with Crippen LogP contribution in [0.1, 0.15) is 5.56 Å². The van der Waals surface area contributed by atoms with Gasteiger partial charge in [-0.25, -0.2) is 12.8 Å². The molecule has 2 aromatic carbocycles. The normalized spacial score (nSPS) is 11.1. The Morgan fingerprint density at radius 1 is 1.22 bits per heavy atom. The minimum atomic E-state index is -4.00. The molecule has 0 saturated heterocycles. The Hall–Kier alpha value is -2.68. The Labute approximate surface area is 131 Å². The minimum Gasteiger partial charge on any atom is -0.494 e. The van der Waals surface area contributed by atoms with Crippen LogP contribution in [0.15, 0.2) is 41.3 Å². The molecule has 0 aliphatic rings. The van der Waals surface area contributed by atoms with Gasteiger partial charge in [-0.2, -0.15) is 0 Å². The van der Waals surface area contributed by atoms with Crippen LogP contribution in [-0.4, -0.2) is 20.5 Å². The number of ether oxygens (including phenoxy) is 1. The number of nitro groups is 1. The second-order valence-corrected chi connectivity index (χ2v) is 6.31. The molecule has 122 valence electrons. The first kappa shape index (κ1) is 16.7. The topological polar surface area (TPSA) is 98.5 Å². The predicted octanol–water partition coefficient (Wildman–Crippen LogP) is 2.85. The number of halogens is 1. The number of non-ortho nitro benzene ring substituents is 1. The molecule has 0 radical (unpaired) electrons. The van der Waals surface area contributed by atoms with E-state index in [2.05, 4.69) is 4.72 Å². The first-order valence-electron chi connectivity index (χ1n) is 6.36. The Kier molecular flexibility index (Phi) is 4.50. The van der Waals surface area contributed by atoms with E-state index in [0.29, 0.717) is 0 Å². The second-order valence-electron chi connectivity index (χ2n) is 4.66. The Morgan fingerprint density at radius 2 is 1.91 bits per heavy atom. The maximum absolute atomic E-state index is 13.6. The average molecular weight is 340 g/mol. The fraction of sp³-hybridized carbons (Fsp3) is 0.143. The van der Waals surface area contributed by atoms with Crippen molar-refractivity contribution in [2.24, 2.45) is 0 Å². The van der Waals surface area contributed by atoms with Gasteiger partial charge in [-0.1, -0.05) is 0 Å². The highest BCUT2D eigenvalue weighted by Gasteiger charge is 2.20. The van der Waals surface area contributed by atoms with Crippen molar-refractivity contribution < 1.29 is 22.5 Å². The number of rotatable bonds is 5. The molecule has 0 atom stereocenters. The number of nitrogens with zero attached hydrogens (tertiary/aromatic N) is 1. The molecule has 0 heterocycles. The van der Waals surface area contributed by atoms with E-state index in [9.17, 15) is 22.9 Å². The molecule has 7 nitrogen and oxygen atoms in total. The van der Waals surface area contributed by atoms with Crippen LogP contribution in [0.5, 0.6) is 5.75 Å². The van der Waals surface area contributed by atoms with Crippen LogP contribution in [-0.2, 0) is 10.0 Å². The van der Waals surface area contributed by atoms with Gasteiger partial charge in [0.1, 0.15) is 0 Å². The van der Waals surface area contributed by atoms with Gasteiger partial charge in [0.2, 0.25) is 0 Å². The zero-order valence-electron chi connectivity index (χ0n) is 12.2. The molecular weight excluding hydrogens is 327 g/mol. The van der Waals surface area contributed by atoms with Crippen molar-refractivity contribution in [1.82, 2.24) is 0 Å². The lowest BCUT2D eigenvalue weighted by Crippen LogP contribution is -2.14. The maximum atomic E-state index is 13.6. The number of anilines is 1. The van der Waals surface area contributed by atoms with Crippen LogP contribution in [0.4, 0.5) is 15.8 Å². The standard InChI is InChI=1S/C14H13FN2O5S/c1-9-7-11(17(18)19)4-6-14(9)23(20,21)16-10-3-5-13(22-2)12(15)8-10/h3-8,16H,1-2H3. The molecule has 0 aliphatic heterocycles. The number of methoxy groups -OCH3 is 1. The first-order chi connectivity index (χ1) is 10.7. The third-order valence-corrected chi connectivity index (χ3v) is 4.60. The van der Waals surface area contributed by atoms with Gasteiger partial charge in [0.05, 0.1) is 22.6 Å².